The lowest BCUT2D eigenvalue weighted by molar-refractivity contribution is -0.118. The first kappa shape index (κ1) is 20.8. The lowest BCUT2D eigenvalue weighted by Crippen LogP contribution is -2.37. The summed E-state index contributed by atoms with van der Waals surface area (Å²) in [7, 11) is 0. The fourth-order valence-corrected chi connectivity index (χ4v) is 4.17. The molecule has 0 bridgehead atoms. The fourth-order valence-electron chi connectivity index (χ4n) is 2.20. The molecule has 0 aliphatic heterocycles. The summed E-state index contributed by atoms with van der Waals surface area (Å²) in [4.78, 5) is 30.7. The monoisotopic (exact) mass is 517 g/mol. The number of amides is 2. The van der Waals surface area contributed by atoms with Crippen molar-refractivity contribution in [1.29, 1.82) is 5.26 Å². The van der Waals surface area contributed by atoms with Crippen molar-refractivity contribution in [2.45, 2.75) is 19.8 Å². The molecule has 0 fully saturated rings. The molecule has 26 heavy (non-hydrogen) atoms. The molecule has 0 spiro atoms. The molecular weight excluding hydrogens is 509 g/mol. The first-order valence-electron chi connectivity index (χ1n) is 7.38. The van der Waals surface area contributed by atoms with Crippen LogP contribution in [0.3, 0.4) is 0 Å². The number of pyridine rings is 1. The van der Waals surface area contributed by atoms with Crippen LogP contribution >= 0.6 is 55.1 Å². The molecule has 0 atom stereocenters. The molecule has 1 aromatic heterocycles. The summed E-state index contributed by atoms with van der Waals surface area (Å²) in [5, 5.41) is 9.12. The summed E-state index contributed by atoms with van der Waals surface area (Å²) in [5.74, 6) is -1.04. The van der Waals surface area contributed by atoms with Gasteiger partial charge in [0, 0.05) is 15.4 Å². The number of aromatic nitrogens is 1. The number of carbonyl (C=O) groups is 2. The molecule has 1 aromatic carbocycles. The van der Waals surface area contributed by atoms with Gasteiger partial charge in [-0.3, -0.25) is 9.59 Å². The van der Waals surface area contributed by atoms with Crippen LogP contribution in [0.4, 0.5) is 5.69 Å². The van der Waals surface area contributed by atoms with Gasteiger partial charge in [-0.2, -0.15) is 5.26 Å². The zero-order chi connectivity index (χ0) is 19.4. The zero-order valence-corrected chi connectivity index (χ0v) is 18.1. The standard InChI is InChI=1S/C17H11Br2Cl2N3O2/c1-2-3-14(25)24(15-11(18)6-9(8-22)7-12(15)19)17(26)10-4-5-13(20)23-16(10)21/h4-7H,2-3H2,1H3. The van der Waals surface area contributed by atoms with Gasteiger partial charge in [0.2, 0.25) is 5.91 Å². The van der Waals surface area contributed by atoms with Crippen molar-refractivity contribution in [1.82, 2.24) is 4.98 Å². The molecule has 0 saturated heterocycles. The lowest BCUT2D eigenvalue weighted by Gasteiger charge is -2.24. The molecule has 0 N–H and O–H groups in total. The summed E-state index contributed by atoms with van der Waals surface area (Å²) in [6, 6.07) is 7.91. The van der Waals surface area contributed by atoms with Crippen molar-refractivity contribution in [2.24, 2.45) is 0 Å². The van der Waals surface area contributed by atoms with E-state index in [-0.39, 0.29) is 22.3 Å². The van der Waals surface area contributed by atoms with Crippen molar-refractivity contribution in [3.05, 3.63) is 54.6 Å². The first-order chi connectivity index (χ1) is 12.3. The Morgan fingerprint density at radius 1 is 1.23 bits per heavy atom. The number of halogens is 4. The lowest BCUT2D eigenvalue weighted by atomic mass is 10.1. The van der Waals surface area contributed by atoms with Crippen LogP contribution in [0, 0.1) is 11.3 Å². The van der Waals surface area contributed by atoms with E-state index in [2.05, 4.69) is 36.8 Å². The highest BCUT2D eigenvalue weighted by atomic mass is 79.9. The summed E-state index contributed by atoms with van der Waals surface area (Å²) in [6.07, 6.45) is 0.712. The van der Waals surface area contributed by atoms with E-state index in [0.717, 1.165) is 4.90 Å². The predicted molar refractivity (Wildman–Crippen MR) is 108 cm³/mol. The smallest absolute Gasteiger partial charge is 0.268 e. The zero-order valence-electron chi connectivity index (χ0n) is 13.4. The average molecular weight is 520 g/mol. The maximum atomic E-state index is 13.1. The summed E-state index contributed by atoms with van der Waals surface area (Å²) in [6.45, 7) is 1.83. The molecule has 0 aliphatic carbocycles. The minimum atomic E-state index is -0.635. The maximum absolute atomic E-state index is 13.1. The molecule has 2 aromatic rings. The minimum Gasteiger partial charge on any atom is -0.274 e. The van der Waals surface area contributed by atoms with Crippen molar-refractivity contribution in [3.63, 3.8) is 0 Å². The number of nitriles is 1. The van der Waals surface area contributed by atoms with Gasteiger partial charge in [0.05, 0.1) is 22.9 Å². The van der Waals surface area contributed by atoms with Gasteiger partial charge in [0.15, 0.2) is 0 Å². The van der Waals surface area contributed by atoms with Gasteiger partial charge in [-0.05, 0) is 62.5 Å². The average Bonchev–Trinajstić information content (AvgIpc) is 2.57. The first-order valence-corrected chi connectivity index (χ1v) is 9.72. The third-order valence-corrected chi connectivity index (χ3v) is 5.04. The summed E-state index contributed by atoms with van der Waals surface area (Å²) in [5.41, 5.74) is 0.705. The predicted octanol–water partition coefficient (Wildman–Crippen LogP) is 5.76. The topological polar surface area (TPSA) is 74.1 Å². The quantitative estimate of drug-likeness (QED) is 0.481. The Labute approximate surface area is 177 Å². The maximum Gasteiger partial charge on any atom is 0.268 e. The largest absolute Gasteiger partial charge is 0.274 e. The van der Waals surface area contributed by atoms with Crippen LogP contribution in [0.15, 0.2) is 33.2 Å². The minimum absolute atomic E-state index is 0.0451. The molecule has 2 amide bonds. The Kier molecular flexibility index (Phi) is 7.18. The van der Waals surface area contributed by atoms with Gasteiger partial charge >= 0.3 is 0 Å². The number of hydrogen-bond donors (Lipinski definition) is 0. The van der Waals surface area contributed by atoms with Crippen LogP contribution < -0.4 is 4.90 Å². The van der Waals surface area contributed by atoms with Gasteiger partial charge < -0.3 is 0 Å². The molecule has 2 rings (SSSR count). The molecule has 134 valence electrons. The number of imide groups is 1. The molecule has 5 nitrogen and oxygen atoms in total. The normalized spacial score (nSPS) is 10.3. The number of hydrogen-bond acceptors (Lipinski definition) is 4. The van der Waals surface area contributed by atoms with E-state index in [9.17, 15) is 9.59 Å². The van der Waals surface area contributed by atoms with Crippen LogP contribution in [-0.2, 0) is 4.79 Å². The van der Waals surface area contributed by atoms with E-state index < -0.39 is 11.8 Å². The third-order valence-electron chi connectivity index (χ3n) is 3.33. The van der Waals surface area contributed by atoms with Crippen molar-refractivity contribution in [2.75, 3.05) is 4.90 Å². The molecule has 0 radical (unpaired) electrons. The molecule has 0 saturated carbocycles. The highest BCUT2D eigenvalue weighted by Crippen LogP contribution is 2.37. The van der Waals surface area contributed by atoms with Gasteiger partial charge in [0.25, 0.3) is 5.91 Å². The number of nitrogens with zero attached hydrogens (tertiary/aromatic N) is 3. The highest BCUT2D eigenvalue weighted by Gasteiger charge is 2.29. The fraction of sp³-hybridized carbons (Fsp3) is 0.176. The van der Waals surface area contributed by atoms with Crippen molar-refractivity contribution >= 4 is 72.6 Å². The van der Waals surface area contributed by atoms with E-state index in [1.54, 1.807) is 0 Å². The molecule has 0 aliphatic rings. The molecule has 1 heterocycles. The van der Waals surface area contributed by atoms with Gasteiger partial charge in [-0.1, -0.05) is 30.1 Å². The Bertz CT molecular complexity index is 906. The second kappa shape index (κ2) is 8.96. The van der Waals surface area contributed by atoms with Crippen molar-refractivity contribution in [3.8, 4) is 6.07 Å². The number of rotatable bonds is 4. The van der Waals surface area contributed by atoms with Crippen molar-refractivity contribution < 1.29 is 9.59 Å². The molecule has 9 heteroatoms. The number of benzene rings is 1. The number of anilines is 1. The Morgan fingerprint density at radius 2 is 1.85 bits per heavy atom. The second-order valence-electron chi connectivity index (χ2n) is 5.16. The van der Waals surface area contributed by atoms with Gasteiger partial charge in [-0.15, -0.1) is 0 Å². The molecular formula is C17H11Br2Cl2N3O2. The van der Waals surface area contributed by atoms with E-state index in [4.69, 9.17) is 28.5 Å². The second-order valence-corrected chi connectivity index (χ2v) is 7.61. The highest BCUT2D eigenvalue weighted by molar-refractivity contribution is 9.11. The Morgan fingerprint density at radius 3 is 2.35 bits per heavy atom. The summed E-state index contributed by atoms with van der Waals surface area (Å²) < 4.78 is 0.832. The van der Waals surface area contributed by atoms with E-state index in [1.807, 2.05) is 13.0 Å². The van der Waals surface area contributed by atoms with Crippen LogP contribution in [0.25, 0.3) is 0 Å². The van der Waals surface area contributed by atoms with Crippen LogP contribution in [0.5, 0.6) is 0 Å². The molecule has 0 unspecified atom stereocenters. The van der Waals surface area contributed by atoms with E-state index >= 15 is 0 Å². The number of carbonyl (C=O) groups excluding carboxylic acids is 2. The van der Waals surface area contributed by atoms with Crippen LogP contribution in [-0.4, -0.2) is 16.8 Å². The SMILES string of the molecule is CCCC(=O)N(C(=O)c1ccc(Cl)nc1Cl)c1c(Br)cc(C#N)cc1Br. The van der Waals surface area contributed by atoms with Crippen LogP contribution in [0.1, 0.15) is 35.7 Å². The Hall–Kier alpha value is -1.46. The van der Waals surface area contributed by atoms with E-state index in [1.165, 1.54) is 24.3 Å². The van der Waals surface area contributed by atoms with E-state index in [0.29, 0.717) is 26.6 Å². The van der Waals surface area contributed by atoms with Crippen LogP contribution in [0.2, 0.25) is 10.3 Å². The Balaban J connectivity index is 2.64. The van der Waals surface area contributed by atoms with Gasteiger partial charge in [-0.25, -0.2) is 9.88 Å². The summed E-state index contributed by atoms with van der Waals surface area (Å²) >= 11 is 18.5. The van der Waals surface area contributed by atoms with Gasteiger partial charge in [0.1, 0.15) is 10.3 Å². The third kappa shape index (κ3) is 4.44.